The van der Waals surface area contributed by atoms with Crippen LogP contribution < -0.4 is 4.74 Å². The molecule has 0 bridgehead atoms. The number of aromatic nitrogens is 1. The van der Waals surface area contributed by atoms with E-state index in [-0.39, 0.29) is 12.0 Å². The standard InChI is InChI=1S/C14H19NO2/c1-9-7-15-11-6-5-10(14(2,3)8-16)13(17-4)12(9)11/h5-7,15-16H,8H2,1-4H3. The van der Waals surface area contributed by atoms with Crippen molar-refractivity contribution in [1.29, 1.82) is 0 Å². The van der Waals surface area contributed by atoms with E-state index in [1.54, 1.807) is 7.11 Å². The maximum Gasteiger partial charge on any atom is 0.132 e. The van der Waals surface area contributed by atoms with E-state index in [1.165, 1.54) is 0 Å². The molecule has 92 valence electrons. The Labute approximate surface area is 101 Å². The highest BCUT2D eigenvalue weighted by Crippen LogP contribution is 2.38. The molecule has 0 aliphatic carbocycles. The molecular formula is C14H19NO2. The fourth-order valence-corrected chi connectivity index (χ4v) is 2.18. The van der Waals surface area contributed by atoms with Crippen LogP contribution in [0.2, 0.25) is 0 Å². The van der Waals surface area contributed by atoms with Crippen molar-refractivity contribution in [3.63, 3.8) is 0 Å². The summed E-state index contributed by atoms with van der Waals surface area (Å²) in [5.74, 6) is 0.861. The fraction of sp³-hybridized carbons (Fsp3) is 0.429. The van der Waals surface area contributed by atoms with E-state index < -0.39 is 0 Å². The van der Waals surface area contributed by atoms with E-state index in [0.29, 0.717) is 0 Å². The largest absolute Gasteiger partial charge is 0.496 e. The number of ether oxygens (including phenoxy) is 1. The highest BCUT2D eigenvalue weighted by molar-refractivity contribution is 5.90. The van der Waals surface area contributed by atoms with Gasteiger partial charge in [0, 0.05) is 28.1 Å². The molecule has 0 unspecified atom stereocenters. The molecule has 0 aliphatic heterocycles. The van der Waals surface area contributed by atoms with Crippen LogP contribution in [0.25, 0.3) is 10.9 Å². The monoisotopic (exact) mass is 233 g/mol. The lowest BCUT2D eigenvalue weighted by Crippen LogP contribution is -2.22. The third-order valence-corrected chi connectivity index (χ3v) is 3.32. The maximum absolute atomic E-state index is 9.50. The quantitative estimate of drug-likeness (QED) is 0.856. The zero-order chi connectivity index (χ0) is 12.6. The number of rotatable bonds is 3. The molecule has 0 radical (unpaired) electrons. The molecule has 0 saturated heterocycles. The van der Waals surface area contributed by atoms with Gasteiger partial charge in [0.15, 0.2) is 0 Å². The van der Waals surface area contributed by atoms with E-state index in [1.807, 2.05) is 32.2 Å². The number of hydrogen-bond donors (Lipinski definition) is 2. The zero-order valence-corrected chi connectivity index (χ0v) is 10.8. The van der Waals surface area contributed by atoms with E-state index in [0.717, 1.165) is 27.8 Å². The second-order valence-corrected chi connectivity index (χ2v) is 5.08. The van der Waals surface area contributed by atoms with E-state index in [9.17, 15) is 5.11 Å². The molecule has 2 rings (SSSR count). The van der Waals surface area contributed by atoms with Crippen LogP contribution in [0.15, 0.2) is 18.3 Å². The first-order chi connectivity index (χ1) is 8.01. The van der Waals surface area contributed by atoms with Crippen molar-refractivity contribution < 1.29 is 9.84 Å². The third kappa shape index (κ3) is 1.80. The number of benzene rings is 1. The summed E-state index contributed by atoms with van der Waals surface area (Å²) in [5.41, 5.74) is 2.96. The van der Waals surface area contributed by atoms with Gasteiger partial charge in [-0.2, -0.15) is 0 Å². The molecule has 3 nitrogen and oxygen atoms in total. The van der Waals surface area contributed by atoms with Crippen LogP contribution in [-0.4, -0.2) is 23.8 Å². The number of fused-ring (bicyclic) bond motifs is 1. The highest BCUT2D eigenvalue weighted by atomic mass is 16.5. The molecule has 0 spiro atoms. The van der Waals surface area contributed by atoms with Gasteiger partial charge in [0.1, 0.15) is 5.75 Å². The van der Waals surface area contributed by atoms with Gasteiger partial charge < -0.3 is 14.8 Å². The van der Waals surface area contributed by atoms with E-state index in [4.69, 9.17) is 4.74 Å². The molecule has 1 aromatic carbocycles. The summed E-state index contributed by atoms with van der Waals surface area (Å²) in [5, 5.41) is 10.6. The van der Waals surface area contributed by atoms with Gasteiger partial charge in [-0.25, -0.2) is 0 Å². The van der Waals surface area contributed by atoms with Crippen molar-refractivity contribution in [3.05, 3.63) is 29.5 Å². The molecular weight excluding hydrogens is 214 g/mol. The minimum Gasteiger partial charge on any atom is -0.496 e. The summed E-state index contributed by atoms with van der Waals surface area (Å²) >= 11 is 0. The number of aromatic amines is 1. The van der Waals surface area contributed by atoms with Gasteiger partial charge in [-0.3, -0.25) is 0 Å². The van der Waals surface area contributed by atoms with Crippen molar-refractivity contribution >= 4 is 10.9 Å². The molecule has 2 N–H and O–H groups in total. The summed E-state index contributed by atoms with van der Waals surface area (Å²) in [4.78, 5) is 3.22. The van der Waals surface area contributed by atoms with Crippen LogP contribution in [-0.2, 0) is 5.41 Å². The minimum atomic E-state index is -0.302. The van der Waals surface area contributed by atoms with Crippen LogP contribution in [0.1, 0.15) is 25.0 Å². The van der Waals surface area contributed by atoms with Gasteiger partial charge in [-0.05, 0) is 18.6 Å². The Balaban J connectivity index is 2.77. The third-order valence-electron chi connectivity index (χ3n) is 3.32. The normalized spacial score (nSPS) is 12.1. The summed E-state index contributed by atoms with van der Waals surface area (Å²) in [6.07, 6.45) is 1.98. The van der Waals surface area contributed by atoms with Gasteiger partial charge in [0.2, 0.25) is 0 Å². The van der Waals surface area contributed by atoms with Gasteiger partial charge in [0.05, 0.1) is 13.7 Å². The minimum absolute atomic E-state index is 0.0956. The molecule has 3 heteroatoms. The first-order valence-corrected chi connectivity index (χ1v) is 5.77. The van der Waals surface area contributed by atoms with Crippen molar-refractivity contribution in [2.75, 3.05) is 13.7 Å². The summed E-state index contributed by atoms with van der Waals surface area (Å²) in [6, 6.07) is 4.06. The number of aryl methyl sites for hydroxylation is 1. The Hall–Kier alpha value is -1.48. The lowest BCUT2D eigenvalue weighted by Gasteiger charge is -2.25. The zero-order valence-electron chi connectivity index (χ0n) is 10.8. The molecule has 1 heterocycles. The van der Waals surface area contributed by atoms with Crippen LogP contribution in [0.5, 0.6) is 5.75 Å². The Kier molecular flexibility index (Phi) is 2.87. The smallest absolute Gasteiger partial charge is 0.132 e. The second kappa shape index (κ2) is 4.08. The van der Waals surface area contributed by atoms with Crippen molar-refractivity contribution in [1.82, 2.24) is 4.98 Å². The molecule has 2 aromatic rings. The first kappa shape index (κ1) is 12.0. The second-order valence-electron chi connectivity index (χ2n) is 5.08. The molecule has 0 saturated carbocycles. The van der Waals surface area contributed by atoms with Crippen LogP contribution in [0.4, 0.5) is 0 Å². The molecule has 1 aromatic heterocycles. The fourth-order valence-electron chi connectivity index (χ4n) is 2.18. The number of hydrogen-bond acceptors (Lipinski definition) is 2. The predicted octanol–water partition coefficient (Wildman–Crippen LogP) is 2.75. The van der Waals surface area contributed by atoms with Gasteiger partial charge in [-0.15, -0.1) is 0 Å². The van der Waals surface area contributed by atoms with Crippen LogP contribution in [0, 0.1) is 6.92 Å². The lowest BCUT2D eigenvalue weighted by molar-refractivity contribution is 0.215. The molecule has 0 aliphatic rings. The molecule has 0 atom stereocenters. The van der Waals surface area contributed by atoms with Crippen LogP contribution >= 0.6 is 0 Å². The van der Waals surface area contributed by atoms with Gasteiger partial charge in [-0.1, -0.05) is 19.9 Å². The van der Waals surface area contributed by atoms with Crippen LogP contribution in [0.3, 0.4) is 0 Å². The number of methoxy groups -OCH3 is 1. The molecule has 17 heavy (non-hydrogen) atoms. The Bertz CT molecular complexity index is 540. The average Bonchev–Trinajstić information content (AvgIpc) is 2.70. The predicted molar refractivity (Wildman–Crippen MR) is 69.7 cm³/mol. The Morgan fingerprint density at radius 3 is 2.65 bits per heavy atom. The Morgan fingerprint density at radius 1 is 1.35 bits per heavy atom. The van der Waals surface area contributed by atoms with Crippen molar-refractivity contribution in [3.8, 4) is 5.75 Å². The average molecular weight is 233 g/mol. The van der Waals surface area contributed by atoms with E-state index >= 15 is 0 Å². The molecule has 0 fully saturated rings. The Morgan fingerprint density at radius 2 is 2.06 bits per heavy atom. The maximum atomic E-state index is 9.50. The van der Waals surface area contributed by atoms with Crippen molar-refractivity contribution in [2.45, 2.75) is 26.2 Å². The summed E-state index contributed by atoms with van der Waals surface area (Å²) < 4.78 is 5.55. The lowest BCUT2D eigenvalue weighted by atomic mass is 9.84. The van der Waals surface area contributed by atoms with E-state index in [2.05, 4.69) is 11.9 Å². The first-order valence-electron chi connectivity index (χ1n) is 5.77. The van der Waals surface area contributed by atoms with Crippen molar-refractivity contribution in [2.24, 2.45) is 0 Å². The number of nitrogens with one attached hydrogen (secondary N) is 1. The SMILES string of the molecule is COc1c(C(C)(C)CO)ccc2[nH]cc(C)c12. The highest BCUT2D eigenvalue weighted by Gasteiger charge is 2.25. The topological polar surface area (TPSA) is 45.2 Å². The van der Waals surface area contributed by atoms with Gasteiger partial charge >= 0.3 is 0 Å². The number of aliphatic hydroxyl groups excluding tert-OH is 1. The summed E-state index contributed by atoms with van der Waals surface area (Å²) in [6.45, 7) is 6.17. The number of H-pyrrole nitrogens is 1. The van der Waals surface area contributed by atoms with Gasteiger partial charge in [0.25, 0.3) is 0 Å². The molecule has 0 amide bonds. The number of aliphatic hydroxyl groups is 1. The summed E-state index contributed by atoms with van der Waals surface area (Å²) in [7, 11) is 1.68.